The average molecular weight is 238 g/mol. The molecule has 17 heavy (non-hydrogen) atoms. The van der Waals surface area contributed by atoms with E-state index < -0.39 is 5.97 Å². The van der Waals surface area contributed by atoms with Gasteiger partial charge in [0.05, 0.1) is 12.0 Å². The summed E-state index contributed by atoms with van der Waals surface area (Å²) in [5, 5.41) is 12.4. The van der Waals surface area contributed by atoms with Gasteiger partial charge in [0, 0.05) is 19.1 Å². The molecule has 0 amide bonds. The molecule has 2 heterocycles. The molecular formula is C13H22N2O2. The van der Waals surface area contributed by atoms with E-state index in [1.807, 2.05) is 0 Å². The van der Waals surface area contributed by atoms with Crippen LogP contribution in [0.1, 0.15) is 38.5 Å². The van der Waals surface area contributed by atoms with Gasteiger partial charge in [-0.2, -0.15) is 0 Å². The number of rotatable bonds is 3. The summed E-state index contributed by atoms with van der Waals surface area (Å²) < 4.78 is 0. The fourth-order valence-electron chi connectivity index (χ4n) is 4.12. The summed E-state index contributed by atoms with van der Waals surface area (Å²) in [6.07, 6.45) is 6.94. The third kappa shape index (κ3) is 1.87. The minimum absolute atomic E-state index is 0.0669. The van der Waals surface area contributed by atoms with Gasteiger partial charge in [0.2, 0.25) is 0 Å². The third-order valence-electron chi connectivity index (χ3n) is 5.01. The fourth-order valence-corrected chi connectivity index (χ4v) is 4.12. The normalized spacial score (nSPS) is 36.2. The van der Waals surface area contributed by atoms with E-state index in [4.69, 9.17) is 5.11 Å². The van der Waals surface area contributed by atoms with Crippen LogP contribution in [0.2, 0.25) is 0 Å². The Kier molecular flexibility index (Phi) is 2.87. The lowest BCUT2D eigenvalue weighted by Gasteiger charge is -2.52. The van der Waals surface area contributed by atoms with Gasteiger partial charge < -0.3 is 10.4 Å². The molecule has 0 aromatic heterocycles. The number of fused-ring (bicyclic) bond motifs is 1. The van der Waals surface area contributed by atoms with Gasteiger partial charge in [-0.1, -0.05) is 12.8 Å². The van der Waals surface area contributed by atoms with Crippen LogP contribution in [0.4, 0.5) is 0 Å². The van der Waals surface area contributed by atoms with Crippen molar-refractivity contribution in [2.24, 2.45) is 5.92 Å². The largest absolute Gasteiger partial charge is 0.481 e. The number of carboxylic acid groups (broad SMARTS) is 1. The minimum Gasteiger partial charge on any atom is -0.481 e. The quantitative estimate of drug-likeness (QED) is 0.772. The van der Waals surface area contributed by atoms with Gasteiger partial charge in [-0.15, -0.1) is 0 Å². The lowest BCUT2D eigenvalue weighted by Crippen LogP contribution is -2.70. The van der Waals surface area contributed by atoms with Gasteiger partial charge in [0.1, 0.15) is 0 Å². The highest BCUT2D eigenvalue weighted by atomic mass is 16.4. The molecule has 4 heteroatoms. The molecule has 3 fully saturated rings. The summed E-state index contributed by atoms with van der Waals surface area (Å²) in [7, 11) is 0. The Balaban J connectivity index is 1.76. The second kappa shape index (κ2) is 4.25. The molecule has 1 saturated carbocycles. The zero-order valence-corrected chi connectivity index (χ0v) is 10.3. The summed E-state index contributed by atoms with van der Waals surface area (Å²) in [5.74, 6) is 0.195. The summed E-state index contributed by atoms with van der Waals surface area (Å²) in [6, 6.07) is 0.671. The second-order valence-corrected chi connectivity index (χ2v) is 5.99. The van der Waals surface area contributed by atoms with Gasteiger partial charge in [0.25, 0.3) is 0 Å². The van der Waals surface area contributed by atoms with E-state index in [0.717, 1.165) is 25.6 Å². The molecule has 3 rings (SSSR count). The van der Waals surface area contributed by atoms with Crippen molar-refractivity contribution < 1.29 is 9.90 Å². The molecule has 1 aliphatic carbocycles. The van der Waals surface area contributed by atoms with E-state index in [9.17, 15) is 4.79 Å². The van der Waals surface area contributed by atoms with Crippen molar-refractivity contribution in [3.8, 4) is 0 Å². The Morgan fingerprint density at radius 3 is 2.71 bits per heavy atom. The molecule has 2 saturated heterocycles. The van der Waals surface area contributed by atoms with Gasteiger partial charge in [0.15, 0.2) is 0 Å². The average Bonchev–Trinajstić information content (AvgIpc) is 2.67. The third-order valence-corrected chi connectivity index (χ3v) is 5.01. The molecule has 0 aromatic carbocycles. The molecule has 2 atom stereocenters. The van der Waals surface area contributed by atoms with Gasteiger partial charge in [-0.05, 0) is 31.7 Å². The molecule has 96 valence electrons. The molecule has 0 spiro atoms. The highest BCUT2D eigenvalue weighted by molar-refractivity contribution is 5.69. The van der Waals surface area contributed by atoms with E-state index in [2.05, 4.69) is 10.2 Å². The highest BCUT2D eigenvalue weighted by Crippen LogP contribution is 2.42. The van der Waals surface area contributed by atoms with Crippen molar-refractivity contribution in [3.05, 3.63) is 0 Å². The van der Waals surface area contributed by atoms with Gasteiger partial charge in [-0.25, -0.2) is 0 Å². The summed E-state index contributed by atoms with van der Waals surface area (Å²) in [4.78, 5) is 13.6. The molecular weight excluding hydrogens is 216 g/mol. The minimum atomic E-state index is -0.647. The van der Waals surface area contributed by atoms with E-state index in [1.165, 1.54) is 32.1 Å². The fraction of sp³-hybridized carbons (Fsp3) is 0.923. The number of carbonyl (C=O) groups is 1. The molecule has 2 N–H and O–H groups in total. The molecule has 0 aromatic rings. The predicted octanol–water partition coefficient (Wildman–Crippen LogP) is 1.07. The van der Waals surface area contributed by atoms with Crippen molar-refractivity contribution in [1.82, 2.24) is 10.2 Å². The number of aliphatic carboxylic acids is 1. The smallest absolute Gasteiger partial charge is 0.305 e. The lowest BCUT2D eigenvalue weighted by molar-refractivity contribution is -0.142. The van der Waals surface area contributed by atoms with Crippen molar-refractivity contribution in [2.75, 3.05) is 19.6 Å². The first-order valence-corrected chi connectivity index (χ1v) is 6.91. The van der Waals surface area contributed by atoms with Gasteiger partial charge >= 0.3 is 5.97 Å². The molecule has 4 nitrogen and oxygen atoms in total. The maximum Gasteiger partial charge on any atom is 0.305 e. The molecule has 2 aliphatic heterocycles. The summed E-state index contributed by atoms with van der Waals surface area (Å²) in [6.45, 7) is 2.84. The van der Waals surface area contributed by atoms with E-state index >= 15 is 0 Å². The van der Waals surface area contributed by atoms with E-state index in [0.29, 0.717) is 12.5 Å². The molecule has 0 bridgehead atoms. The number of hydrogen-bond donors (Lipinski definition) is 2. The van der Waals surface area contributed by atoms with Crippen LogP contribution in [-0.2, 0) is 4.79 Å². The number of likely N-dealkylation sites (tertiary alicyclic amines) is 1. The first-order valence-electron chi connectivity index (χ1n) is 6.91. The standard InChI is InChI=1S/C13H22N2O2/c16-12(17)7-13(8-14-9-13)15-6-5-10-3-1-2-4-11(10)15/h10-11,14H,1-9H2,(H,16,17). The lowest BCUT2D eigenvalue weighted by atomic mass is 9.81. The van der Waals surface area contributed by atoms with Crippen molar-refractivity contribution in [1.29, 1.82) is 0 Å². The van der Waals surface area contributed by atoms with Crippen molar-refractivity contribution >= 4 is 5.97 Å². The maximum absolute atomic E-state index is 11.1. The first-order chi connectivity index (χ1) is 8.21. The summed E-state index contributed by atoms with van der Waals surface area (Å²) in [5.41, 5.74) is -0.0669. The predicted molar refractivity (Wildman–Crippen MR) is 64.9 cm³/mol. The molecule has 3 aliphatic rings. The van der Waals surface area contributed by atoms with Crippen molar-refractivity contribution in [2.45, 2.75) is 50.1 Å². The summed E-state index contributed by atoms with van der Waals surface area (Å²) >= 11 is 0. The number of nitrogens with zero attached hydrogens (tertiary/aromatic N) is 1. The Hall–Kier alpha value is -0.610. The maximum atomic E-state index is 11.1. The van der Waals surface area contributed by atoms with E-state index in [-0.39, 0.29) is 5.54 Å². The van der Waals surface area contributed by atoms with Crippen LogP contribution < -0.4 is 5.32 Å². The first kappa shape index (κ1) is 11.5. The van der Waals surface area contributed by atoms with Crippen molar-refractivity contribution in [3.63, 3.8) is 0 Å². The van der Waals surface area contributed by atoms with Crippen LogP contribution in [0.5, 0.6) is 0 Å². The Morgan fingerprint density at radius 1 is 1.29 bits per heavy atom. The molecule has 0 radical (unpaired) electrons. The zero-order valence-electron chi connectivity index (χ0n) is 10.3. The second-order valence-electron chi connectivity index (χ2n) is 5.99. The Morgan fingerprint density at radius 2 is 2.06 bits per heavy atom. The van der Waals surface area contributed by atoms with Crippen LogP contribution in [0.3, 0.4) is 0 Å². The van der Waals surface area contributed by atoms with Crippen LogP contribution in [0.25, 0.3) is 0 Å². The number of carboxylic acids is 1. The Labute approximate surface area is 102 Å². The Bertz CT molecular complexity index is 315. The zero-order chi connectivity index (χ0) is 11.9. The topological polar surface area (TPSA) is 52.6 Å². The highest BCUT2D eigenvalue weighted by Gasteiger charge is 2.50. The number of nitrogens with one attached hydrogen (secondary N) is 1. The van der Waals surface area contributed by atoms with Crippen LogP contribution >= 0.6 is 0 Å². The van der Waals surface area contributed by atoms with Crippen LogP contribution in [-0.4, -0.2) is 47.2 Å². The monoisotopic (exact) mass is 238 g/mol. The van der Waals surface area contributed by atoms with Gasteiger partial charge in [-0.3, -0.25) is 9.69 Å². The SMILES string of the molecule is O=C(O)CC1(N2CCC3CCCCC32)CNC1. The van der Waals surface area contributed by atoms with Crippen LogP contribution in [0, 0.1) is 5.92 Å². The van der Waals surface area contributed by atoms with E-state index in [1.54, 1.807) is 0 Å². The van der Waals surface area contributed by atoms with Crippen LogP contribution in [0.15, 0.2) is 0 Å². The molecule has 2 unspecified atom stereocenters. The number of hydrogen-bond acceptors (Lipinski definition) is 3.